The summed E-state index contributed by atoms with van der Waals surface area (Å²) in [5.41, 5.74) is 3.47. The van der Waals surface area contributed by atoms with Gasteiger partial charge in [-0.2, -0.15) is 5.26 Å². The van der Waals surface area contributed by atoms with Gasteiger partial charge in [-0.3, -0.25) is 9.69 Å². The van der Waals surface area contributed by atoms with Crippen LogP contribution in [0.5, 0.6) is 0 Å². The van der Waals surface area contributed by atoms with E-state index in [1.165, 1.54) is 16.9 Å². The molecule has 0 bridgehead atoms. The number of hydrogen-bond acceptors (Lipinski definition) is 4. The van der Waals surface area contributed by atoms with E-state index >= 15 is 0 Å². The Labute approximate surface area is 173 Å². The van der Waals surface area contributed by atoms with Crippen LogP contribution < -0.4 is 5.32 Å². The summed E-state index contributed by atoms with van der Waals surface area (Å²) in [4.78, 5) is 16.1. The fourth-order valence-electron chi connectivity index (χ4n) is 3.42. The normalized spacial score (nSPS) is 13.6. The first-order valence-corrected chi connectivity index (χ1v) is 10.2. The highest BCUT2D eigenvalue weighted by Gasteiger charge is 2.25. The Morgan fingerprint density at radius 3 is 2.64 bits per heavy atom. The van der Waals surface area contributed by atoms with Gasteiger partial charge < -0.3 is 5.32 Å². The maximum Gasteiger partial charge on any atom is 0.256 e. The third kappa shape index (κ3) is 3.95. The molecule has 1 amide bonds. The molecule has 0 radical (unpaired) electrons. The number of amides is 1. The van der Waals surface area contributed by atoms with E-state index in [4.69, 9.17) is 11.6 Å². The SMILES string of the molecule is N#Cc1c(NC(=O)c2ccc(Cl)cc2)sc2c1CCN(Cc1ccccc1)C2. The standard InChI is InChI=1S/C22H18ClN3OS/c23-17-8-6-16(7-9-17)21(27)25-22-19(12-24)18-10-11-26(14-20(18)28-22)13-15-4-2-1-3-5-15/h1-9H,10-11,13-14H2,(H,25,27). The van der Waals surface area contributed by atoms with Crippen LogP contribution in [-0.2, 0) is 19.5 Å². The zero-order valence-electron chi connectivity index (χ0n) is 15.1. The molecular weight excluding hydrogens is 390 g/mol. The van der Waals surface area contributed by atoms with E-state index in [9.17, 15) is 10.1 Å². The molecule has 0 saturated carbocycles. The minimum atomic E-state index is -0.229. The molecule has 4 rings (SSSR count). The predicted molar refractivity (Wildman–Crippen MR) is 113 cm³/mol. The zero-order chi connectivity index (χ0) is 19.5. The lowest BCUT2D eigenvalue weighted by atomic mass is 10.0. The summed E-state index contributed by atoms with van der Waals surface area (Å²) in [7, 11) is 0. The number of nitrogens with zero attached hydrogens (tertiary/aromatic N) is 2. The van der Waals surface area contributed by atoms with Gasteiger partial charge in [0.1, 0.15) is 11.1 Å². The maximum atomic E-state index is 12.5. The fourth-order valence-corrected chi connectivity index (χ4v) is 4.78. The van der Waals surface area contributed by atoms with Crippen LogP contribution in [0.15, 0.2) is 54.6 Å². The third-order valence-electron chi connectivity index (χ3n) is 4.83. The van der Waals surface area contributed by atoms with Gasteiger partial charge in [-0.1, -0.05) is 41.9 Å². The second-order valence-corrected chi connectivity index (χ2v) is 8.27. The minimum Gasteiger partial charge on any atom is -0.312 e. The summed E-state index contributed by atoms with van der Waals surface area (Å²) in [6, 6.07) is 19.4. The maximum absolute atomic E-state index is 12.5. The second-order valence-electron chi connectivity index (χ2n) is 6.73. The Morgan fingerprint density at radius 1 is 1.18 bits per heavy atom. The molecule has 0 saturated heterocycles. The largest absolute Gasteiger partial charge is 0.312 e. The van der Waals surface area contributed by atoms with Crippen LogP contribution >= 0.6 is 22.9 Å². The van der Waals surface area contributed by atoms with Crippen molar-refractivity contribution in [1.29, 1.82) is 5.26 Å². The lowest BCUT2D eigenvalue weighted by Gasteiger charge is -2.26. The van der Waals surface area contributed by atoms with E-state index in [0.717, 1.165) is 36.5 Å². The van der Waals surface area contributed by atoms with Gasteiger partial charge in [-0.15, -0.1) is 11.3 Å². The topological polar surface area (TPSA) is 56.1 Å². The number of carbonyl (C=O) groups is 1. The summed E-state index contributed by atoms with van der Waals surface area (Å²) >= 11 is 7.39. The number of anilines is 1. The van der Waals surface area contributed by atoms with Crippen molar-refractivity contribution in [3.8, 4) is 6.07 Å². The van der Waals surface area contributed by atoms with Crippen LogP contribution in [0.4, 0.5) is 5.00 Å². The quantitative estimate of drug-likeness (QED) is 0.655. The highest BCUT2D eigenvalue weighted by atomic mass is 35.5. The molecule has 2 aromatic carbocycles. The number of carbonyl (C=O) groups excluding carboxylic acids is 1. The van der Waals surface area contributed by atoms with Crippen molar-refractivity contribution in [3.63, 3.8) is 0 Å². The summed E-state index contributed by atoms with van der Waals surface area (Å²) in [6.45, 7) is 2.57. The lowest BCUT2D eigenvalue weighted by Crippen LogP contribution is -2.29. The molecule has 1 aliphatic rings. The molecule has 6 heteroatoms. The molecule has 3 aromatic rings. The van der Waals surface area contributed by atoms with Crippen molar-refractivity contribution < 1.29 is 4.79 Å². The van der Waals surface area contributed by atoms with Crippen LogP contribution in [0, 0.1) is 11.3 Å². The monoisotopic (exact) mass is 407 g/mol. The van der Waals surface area contributed by atoms with E-state index in [1.54, 1.807) is 24.3 Å². The number of nitriles is 1. The van der Waals surface area contributed by atoms with Crippen LogP contribution in [0.25, 0.3) is 0 Å². The van der Waals surface area contributed by atoms with Crippen molar-refractivity contribution in [2.75, 3.05) is 11.9 Å². The van der Waals surface area contributed by atoms with Crippen molar-refractivity contribution >= 4 is 33.8 Å². The third-order valence-corrected chi connectivity index (χ3v) is 6.21. The number of halogens is 1. The lowest BCUT2D eigenvalue weighted by molar-refractivity contribution is 0.102. The molecule has 0 atom stereocenters. The molecule has 28 heavy (non-hydrogen) atoms. The molecule has 0 fully saturated rings. The van der Waals surface area contributed by atoms with Crippen molar-refractivity contribution in [1.82, 2.24) is 4.90 Å². The molecule has 1 N–H and O–H groups in total. The molecule has 1 aliphatic heterocycles. The van der Waals surface area contributed by atoms with Gasteiger partial charge in [0, 0.05) is 35.1 Å². The Morgan fingerprint density at radius 2 is 1.93 bits per heavy atom. The smallest absolute Gasteiger partial charge is 0.256 e. The fraction of sp³-hybridized carbons (Fsp3) is 0.182. The average Bonchev–Trinajstić information content (AvgIpc) is 3.05. The van der Waals surface area contributed by atoms with Gasteiger partial charge in [0.25, 0.3) is 5.91 Å². The van der Waals surface area contributed by atoms with E-state index in [-0.39, 0.29) is 5.91 Å². The minimum absolute atomic E-state index is 0.229. The van der Waals surface area contributed by atoms with Crippen LogP contribution in [0.2, 0.25) is 5.02 Å². The number of nitrogens with one attached hydrogen (secondary N) is 1. The Kier molecular flexibility index (Phi) is 5.45. The Bertz CT molecular complexity index is 1040. The van der Waals surface area contributed by atoms with Crippen LogP contribution in [0.1, 0.15) is 31.9 Å². The number of rotatable bonds is 4. The first-order valence-electron chi connectivity index (χ1n) is 9.02. The molecule has 4 nitrogen and oxygen atoms in total. The average molecular weight is 408 g/mol. The Hall–Kier alpha value is -2.65. The Balaban J connectivity index is 1.52. The van der Waals surface area contributed by atoms with Gasteiger partial charge in [-0.25, -0.2) is 0 Å². The summed E-state index contributed by atoms with van der Waals surface area (Å²) in [6.07, 6.45) is 0.818. The molecule has 0 unspecified atom stereocenters. The molecule has 0 aliphatic carbocycles. The summed E-state index contributed by atoms with van der Waals surface area (Å²) < 4.78 is 0. The number of benzene rings is 2. The summed E-state index contributed by atoms with van der Waals surface area (Å²) in [5.74, 6) is -0.229. The van der Waals surface area contributed by atoms with Crippen molar-refractivity contribution in [2.24, 2.45) is 0 Å². The molecule has 140 valence electrons. The van der Waals surface area contributed by atoms with Gasteiger partial charge >= 0.3 is 0 Å². The van der Waals surface area contributed by atoms with Gasteiger partial charge in [-0.05, 0) is 41.8 Å². The highest BCUT2D eigenvalue weighted by molar-refractivity contribution is 7.16. The second kappa shape index (κ2) is 8.15. The number of thiophene rings is 1. The molecule has 0 spiro atoms. The van der Waals surface area contributed by atoms with Gasteiger partial charge in [0.15, 0.2) is 0 Å². The van der Waals surface area contributed by atoms with Gasteiger partial charge in [0.05, 0.1) is 5.56 Å². The molecule has 1 aromatic heterocycles. The first kappa shape index (κ1) is 18.7. The molecule has 2 heterocycles. The molecular formula is C22H18ClN3OS. The van der Waals surface area contributed by atoms with E-state index < -0.39 is 0 Å². The predicted octanol–water partition coefficient (Wildman–Crippen LogP) is 5.08. The van der Waals surface area contributed by atoms with Crippen LogP contribution in [-0.4, -0.2) is 17.4 Å². The number of fused-ring (bicyclic) bond motifs is 1. The zero-order valence-corrected chi connectivity index (χ0v) is 16.7. The highest BCUT2D eigenvalue weighted by Crippen LogP contribution is 2.37. The number of hydrogen-bond donors (Lipinski definition) is 1. The van der Waals surface area contributed by atoms with E-state index in [1.807, 2.05) is 18.2 Å². The van der Waals surface area contributed by atoms with Gasteiger partial charge in [0.2, 0.25) is 0 Å². The summed E-state index contributed by atoms with van der Waals surface area (Å²) in [5, 5.41) is 13.8. The van der Waals surface area contributed by atoms with E-state index in [2.05, 4.69) is 28.4 Å². The van der Waals surface area contributed by atoms with Crippen molar-refractivity contribution in [2.45, 2.75) is 19.5 Å². The van der Waals surface area contributed by atoms with Crippen LogP contribution in [0.3, 0.4) is 0 Å². The first-order chi connectivity index (χ1) is 13.6. The van der Waals surface area contributed by atoms with E-state index in [0.29, 0.717) is 21.2 Å². The van der Waals surface area contributed by atoms with Crippen molar-refractivity contribution in [3.05, 3.63) is 86.8 Å².